The molecule has 2 rings (SSSR count). The van der Waals surface area contributed by atoms with E-state index in [4.69, 9.17) is 5.73 Å². The molecule has 0 saturated carbocycles. The average Bonchev–Trinajstić information content (AvgIpc) is 2.53. The van der Waals surface area contributed by atoms with Crippen molar-refractivity contribution in [3.05, 3.63) is 70.8 Å². The largest absolute Gasteiger partial charge is 0.416 e. The predicted octanol–water partition coefficient (Wildman–Crippen LogP) is 4.75. The first kappa shape index (κ1) is 22.3. The van der Waals surface area contributed by atoms with Crippen LogP contribution in [0.5, 0.6) is 0 Å². The van der Waals surface area contributed by atoms with E-state index in [1.165, 1.54) is 0 Å². The molecule has 0 radical (unpaired) electrons. The SMILES string of the molecule is Cl.N[C@H](c1ccc(C(F)(F)F)cc1C(F)(F)F)[C@@H](O)Cc1ccccc1. The van der Waals surface area contributed by atoms with E-state index in [-0.39, 0.29) is 24.9 Å². The summed E-state index contributed by atoms with van der Waals surface area (Å²) in [6.45, 7) is 0. The second-order valence-electron chi connectivity index (χ2n) is 5.58. The molecule has 26 heavy (non-hydrogen) atoms. The zero-order valence-corrected chi connectivity index (χ0v) is 14.0. The van der Waals surface area contributed by atoms with Gasteiger partial charge in [-0.25, -0.2) is 0 Å². The van der Waals surface area contributed by atoms with Gasteiger partial charge in [-0.05, 0) is 23.3 Å². The Morgan fingerprint density at radius 2 is 1.46 bits per heavy atom. The van der Waals surface area contributed by atoms with Crippen LogP contribution in [0.3, 0.4) is 0 Å². The van der Waals surface area contributed by atoms with Crippen molar-refractivity contribution in [3.8, 4) is 0 Å². The quantitative estimate of drug-likeness (QED) is 0.729. The molecule has 2 atom stereocenters. The first-order valence-electron chi connectivity index (χ1n) is 7.26. The van der Waals surface area contributed by atoms with Gasteiger partial charge in [0.1, 0.15) is 0 Å². The summed E-state index contributed by atoms with van der Waals surface area (Å²) in [4.78, 5) is 0. The molecule has 0 unspecified atom stereocenters. The van der Waals surface area contributed by atoms with Gasteiger partial charge >= 0.3 is 12.4 Å². The molecule has 2 aromatic carbocycles. The van der Waals surface area contributed by atoms with Crippen LogP contribution in [0, 0.1) is 0 Å². The van der Waals surface area contributed by atoms with Crippen molar-refractivity contribution in [2.45, 2.75) is 30.9 Å². The Morgan fingerprint density at radius 3 is 1.96 bits per heavy atom. The van der Waals surface area contributed by atoms with Crippen molar-refractivity contribution < 1.29 is 31.4 Å². The second-order valence-corrected chi connectivity index (χ2v) is 5.58. The van der Waals surface area contributed by atoms with E-state index in [0.29, 0.717) is 17.7 Å². The Balaban J connectivity index is 0.00000338. The number of aliphatic hydroxyl groups is 1. The molecule has 2 nitrogen and oxygen atoms in total. The summed E-state index contributed by atoms with van der Waals surface area (Å²) in [5.74, 6) is 0. The Hall–Kier alpha value is -1.77. The molecule has 0 spiro atoms. The minimum atomic E-state index is -5.03. The van der Waals surface area contributed by atoms with Crippen LogP contribution in [-0.4, -0.2) is 11.2 Å². The summed E-state index contributed by atoms with van der Waals surface area (Å²) in [6, 6.07) is 8.15. The molecule has 0 aromatic heterocycles. The first-order valence-corrected chi connectivity index (χ1v) is 7.26. The number of alkyl halides is 6. The lowest BCUT2D eigenvalue weighted by Gasteiger charge is -2.24. The minimum absolute atomic E-state index is 0. The molecule has 3 N–H and O–H groups in total. The third-order valence-electron chi connectivity index (χ3n) is 3.75. The maximum atomic E-state index is 13.2. The zero-order chi connectivity index (χ0) is 18.8. The van der Waals surface area contributed by atoms with Gasteiger partial charge in [0, 0.05) is 6.42 Å². The van der Waals surface area contributed by atoms with Crippen molar-refractivity contribution >= 4 is 12.4 Å². The average molecular weight is 400 g/mol. The van der Waals surface area contributed by atoms with Gasteiger partial charge in [-0.3, -0.25) is 0 Å². The topological polar surface area (TPSA) is 46.2 Å². The molecule has 0 bridgehead atoms. The number of aliphatic hydroxyl groups excluding tert-OH is 1. The predicted molar refractivity (Wildman–Crippen MR) is 86.8 cm³/mol. The summed E-state index contributed by atoms with van der Waals surface area (Å²) < 4.78 is 77.5. The third-order valence-corrected chi connectivity index (χ3v) is 3.75. The number of halogens is 7. The summed E-state index contributed by atoms with van der Waals surface area (Å²) in [7, 11) is 0. The van der Waals surface area contributed by atoms with E-state index < -0.39 is 41.2 Å². The van der Waals surface area contributed by atoms with E-state index in [0.717, 1.165) is 0 Å². The number of benzene rings is 2. The maximum absolute atomic E-state index is 13.2. The molecule has 0 heterocycles. The van der Waals surface area contributed by atoms with E-state index >= 15 is 0 Å². The molecule has 0 saturated heterocycles. The van der Waals surface area contributed by atoms with Gasteiger partial charge in [0.2, 0.25) is 0 Å². The van der Waals surface area contributed by atoms with Crippen LogP contribution in [0.15, 0.2) is 48.5 Å². The Labute approximate surface area is 152 Å². The van der Waals surface area contributed by atoms with Gasteiger partial charge in [0.25, 0.3) is 0 Å². The van der Waals surface area contributed by atoms with Gasteiger partial charge in [0.15, 0.2) is 0 Å². The Morgan fingerprint density at radius 1 is 0.885 bits per heavy atom. The summed E-state index contributed by atoms with van der Waals surface area (Å²) in [5.41, 5.74) is 2.86. The Kier molecular flexibility index (Phi) is 7.09. The molecule has 0 aliphatic carbocycles. The highest BCUT2D eigenvalue weighted by molar-refractivity contribution is 5.85. The van der Waals surface area contributed by atoms with E-state index in [1.807, 2.05) is 0 Å². The molecule has 0 aliphatic heterocycles. The molecule has 0 amide bonds. The van der Waals surface area contributed by atoms with Crippen LogP contribution < -0.4 is 5.73 Å². The highest BCUT2D eigenvalue weighted by Crippen LogP contribution is 2.39. The molecule has 9 heteroatoms. The van der Waals surface area contributed by atoms with Crippen molar-refractivity contribution in [1.29, 1.82) is 0 Å². The van der Waals surface area contributed by atoms with Crippen LogP contribution in [0.2, 0.25) is 0 Å². The maximum Gasteiger partial charge on any atom is 0.416 e. The lowest BCUT2D eigenvalue weighted by molar-refractivity contribution is -0.143. The molecular formula is C17H16ClF6NO. The van der Waals surface area contributed by atoms with Gasteiger partial charge in [0.05, 0.1) is 23.3 Å². The van der Waals surface area contributed by atoms with Crippen molar-refractivity contribution in [1.82, 2.24) is 0 Å². The van der Waals surface area contributed by atoms with Gasteiger partial charge in [-0.15, -0.1) is 12.4 Å². The van der Waals surface area contributed by atoms with Gasteiger partial charge in [-0.1, -0.05) is 36.4 Å². The second kappa shape index (κ2) is 8.28. The molecule has 144 valence electrons. The minimum Gasteiger partial charge on any atom is -0.391 e. The van der Waals surface area contributed by atoms with Crippen LogP contribution in [-0.2, 0) is 18.8 Å². The fourth-order valence-corrected chi connectivity index (χ4v) is 2.46. The molecular weight excluding hydrogens is 384 g/mol. The number of rotatable bonds is 4. The van der Waals surface area contributed by atoms with E-state index in [2.05, 4.69) is 0 Å². The Bertz CT molecular complexity index is 717. The van der Waals surface area contributed by atoms with Gasteiger partial charge in [-0.2, -0.15) is 26.3 Å². The van der Waals surface area contributed by atoms with Crippen LogP contribution in [0.25, 0.3) is 0 Å². The zero-order valence-electron chi connectivity index (χ0n) is 13.2. The standard InChI is InChI=1S/C17H15F6NO.ClH/c18-16(19,20)11-6-7-12(13(9-11)17(21,22)23)15(24)14(25)8-10-4-2-1-3-5-10;/h1-7,9,14-15,25H,8,24H2;1H/t14-,15+;/m0./s1. The van der Waals surface area contributed by atoms with Crippen molar-refractivity contribution in [2.75, 3.05) is 0 Å². The number of hydrogen-bond donors (Lipinski definition) is 2. The molecule has 0 fully saturated rings. The molecule has 0 aliphatic rings. The summed E-state index contributed by atoms with van der Waals surface area (Å²) in [6.07, 6.45) is -11.4. The lowest BCUT2D eigenvalue weighted by Crippen LogP contribution is -2.30. The van der Waals surface area contributed by atoms with E-state index in [9.17, 15) is 31.4 Å². The van der Waals surface area contributed by atoms with Crippen LogP contribution in [0.4, 0.5) is 26.3 Å². The number of hydrogen-bond acceptors (Lipinski definition) is 2. The lowest BCUT2D eigenvalue weighted by atomic mass is 9.92. The smallest absolute Gasteiger partial charge is 0.391 e. The third kappa shape index (κ3) is 5.36. The summed E-state index contributed by atoms with van der Waals surface area (Å²) in [5, 5.41) is 10.1. The van der Waals surface area contributed by atoms with E-state index in [1.54, 1.807) is 30.3 Å². The fourth-order valence-electron chi connectivity index (χ4n) is 2.46. The highest BCUT2D eigenvalue weighted by Gasteiger charge is 2.39. The highest BCUT2D eigenvalue weighted by atomic mass is 35.5. The fraction of sp³-hybridized carbons (Fsp3) is 0.294. The normalized spacial score (nSPS) is 14.5. The first-order chi connectivity index (χ1) is 11.5. The van der Waals surface area contributed by atoms with Gasteiger partial charge < -0.3 is 10.8 Å². The van der Waals surface area contributed by atoms with Crippen LogP contribution >= 0.6 is 12.4 Å². The summed E-state index contributed by atoms with van der Waals surface area (Å²) >= 11 is 0. The van der Waals surface area contributed by atoms with Crippen LogP contribution in [0.1, 0.15) is 28.3 Å². The van der Waals surface area contributed by atoms with Crippen molar-refractivity contribution in [3.63, 3.8) is 0 Å². The number of nitrogens with two attached hydrogens (primary N) is 1. The monoisotopic (exact) mass is 399 g/mol. The van der Waals surface area contributed by atoms with Crippen molar-refractivity contribution in [2.24, 2.45) is 5.73 Å². The molecule has 2 aromatic rings.